The van der Waals surface area contributed by atoms with Crippen LogP contribution in [0.4, 0.5) is 11.4 Å². The highest BCUT2D eigenvalue weighted by Crippen LogP contribution is 2.22. The van der Waals surface area contributed by atoms with Crippen LogP contribution in [0.15, 0.2) is 29.8 Å². The van der Waals surface area contributed by atoms with Gasteiger partial charge in [0.25, 0.3) is 5.69 Å². The van der Waals surface area contributed by atoms with Crippen molar-refractivity contribution in [2.24, 2.45) is 0 Å². The fourth-order valence-electron chi connectivity index (χ4n) is 1.96. The highest BCUT2D eigenvalue weighted by molar-refractivity contribution is 5.55. The van der Waals surface area contributed by atoms with Gasteiger partial charge in [0.2, 0.25) is 0 Å². The van der Waals surface area contributed by atoms with Crippen molar-refractivity contribution in [1.29, 1.82) is 0 Å². The summed E-state index contributed by atoms with van der Waals surface area (Å²) in [7, 11) is 0. The van der Waals surface area contributed by atoms with E-state index in [1.807, 2.05) is 6.07 Å². The smallest absolute Gasteiger partial charge is 0.274 e. The van der Waals surface area contributed by atoms with E-state index in [1.54, 1.807) is 19.1 Å². The fraction of sp³-hybridized carbons (Fsp3) is 0.385. The van der Waals surface area contributed by atoms with Crippen molar-refractivity contribution in [3.63, 3.8) is 0 Å². The van der Waals surface area contributed by atoms with E-state index in [0.29, 0.717) is 5.56 Å². The lowest BCUT2D eigenvalue weighted by molar-refractivity contribution is -0.385. The van der Waals surface area contributed by atoms with Crippen LogP contribution in [0.3, 0.4) is 0 Å². The van der Waals surface area contributed by atoms with Crippen molar-refractivity contribution in [3.8, 4) is 0 Å². The Labute approximate surface area is 106 Å². The molecule has 0 saturated heterocycles. The lowest BCUT2D eigenvalue weighted by Crippen LogP contribution is -2.23. The summed E-state index contributed by atoms with van der Waals surface area (Å²) >= 11 is 0. The minimum Gasteiger partial charge on any atom is -0.381 e. The number of aryl methyl sites for hydroxylation is 1. The van der Waals surface area contributed by atoms with Crippen molar-refractivity contribution in [1.82, 2.24) is 5.32 Å². The molecule has 1 aromatic carbocycles. The first-order valence-electron chi connectivity index (χ1n) is 6.04. The lowest BCUT2D eigenvalue weighted by Gasteiger charge is -2.15. The molecule has 0 amide bonds. The molecule has 0 fully saturated rings. The van der Waals surface area contributed by atoms with E-state index >= 15 is 0 Å². The Kier molecular flexibility index (Phi) is 3.94. The van der Waals surface area contributed by atoms with E-state index in [1.165, 1.54) is 5.57 Å². The third-order valence-corrected chi connectivity index (χ3v) is 3.08. The summed E-state index contributed by atoms with van der Waals surface area (Å²) in [5, 5.41) is 17.3. The van der Waals surface area contributed by atoms with Crippen LogP contribution in [0.5, 0.6) is 0 Å². The largest absolute Gasteiger partial charge is 0.381 e. The maximum Gasteiger partial charge on any atom is 0.274 e. The Bertz CT molecular complexity index is 483. The monoisotopic (exact) mass is 247 g/mol. The molecule has 96 valence electrons. The van der Waals surface area contributed by atoms with Gasteiger partial charge in [-0.3, -0.25) is 10.1 Å². The molecule has 2 N–H and O–H groups in total. The van der Waals surface area contributed by atoms with E-state index in [-0.39, 0.29) is 10.6 Å². The molecule has 0 aromatic heterocycles. The minimum atomic E-state index is -0.343. The van der Waals surface area contributed by atoms with Gasteiger partial charge in [0.1, 0.15) is 0 Å². The van der Waals surface area contributed by atoms with Crippen LogP contribution in [0.1, 0.15) is 12.0 Å². The van der Waals surface area contributed by atoms with Crippen molar-refractivity contribution in [3.05, 3.63) is 45.5 Å². The second-order valence-electron chi connectivity index (χ2n) is 4.43. The van der Waals surface area contributed by atoms with E-state index in [2.05, 4.69) is 16.7 Å². The summed E-state index contributed by atoms with van der Waals surface area (Å²) < 4.78 is 0. The van der Waals surface area contributed by atoms with E-state index in [4.69, 9.17) is 0 Å². The average molecular weight is 247 g/mol. The Morgan fingerprint density at radius 1 is 1.50 bits per heavy atom. The predicted octanol–water partition coefficient (Wildman–Crippen LogP) is 2.23. The van der Waals surface area contributed by atoms with E-state index < -0.39 is 0 Å². The summed E-state index contributed by atoms with van der Waals surface area (Å²) in [5.74, 6) is 0. The van der Waals surface area contributed by atoms with Gasteiger partial charge in [0.15, 0.2) is 0 Å². The number of nitrogens with zero attached hydrogens (tertiary/aromatic N) is 1. The molecule has 1 aliphatic heterocycles. The molecule has 0 spiro atoms. The first-order valence-corrected chi connectivity index (χ1v) is 6.04. The minimum absolute atomic E-state index is 0.166. The third-order valence-electron chi connectivity index (χ3n) is 3.08. The first kappa shape index (κ1) is 12.6. The number of nitro benzene ring substituents is 1. The zero-order valence-corrected chi connectivity index (χ0v) is 10.4. The van der Waals surface area contributed by atoms with E-state index in [9.17, 15) is 10.1 Å². The van der Waals surface area contributed by atoms with Gasteiger partial charge in [-0.2, -0.15) is 0 Å². The van der Waals surface area contributed by atoms with Gasteiger partial charge in [-0.15, -0.1) is 0 Å². The summed E-state index contributed by atoms with van der Waals surface area (Å²) in [6, 6.07) is 5.25. The highest BCUT2D eigenvalue weighted by atomic mass is 16.6. The highest BCUT2D eigenvalue weighted by Gasteiger charge is 2.11. The van der Waals surface area contributed by atoms with Gasteiger partial charge in [-0.25, -0.2) is 0 Å². The average Bonchev–Trinajstić information content (AvgIpc) is 2.38. The standard InChI is InChI=1S/C13H17N3O2/c1-10-2-3-12(8-13(10)16(17)18)15-9-11-4-6-14-7-5-11/h2-4,8,14-15H,5-7,9H2,1H3. The van der Waals surface area contributed by atoms with Crippen LogP contribution >= 0.6 is 0 Å². The number of anilines is 1. The topological polar surface area (TPSA) is 67.2 Å². The van der Waals surface area contributed by atoms with Crippen LogP contribution in [0.2, 0.25) is 0 Å². The number of nitrogens with one attached hydrogen (secondary N) is 2. The van der Waals surface area contributed by atoms with Crippen molar-refractivity contribution >= 4 is 11.4 Å². The van der Waals surface area contributed by atoms with Crippen molar-refractivity contribution in [2.75, 3.05) is 25.0 Å². The number of rotatable bonds is 4. The number of nitro groups is 1. The number of benzene rings is 1. The molecule has 1 aliphatic rings. The predicted molar refractivity (Wildman–Crippen MR) is 71.9 cm³/mol. The second kappa shape index (κ2) is 5.64. The Morgan fingerprint density at radius 2 is 2.33 bits per heavy atom. The summed E-state index contributed by atoms with van der Waals surface area (Å²) in [6.45, 7) is 4.41. The van der Waals surface area contributed by atoms with Gasteiger partial charge in [0.05, 0.1) is 4.92 Å². The molecule has 5 heteroatoms. The molecule has 1 aromatic rings. The maximum absolute atomic E-state index is 10.8. The van der Waals surface area contributed by atoms with Gasteiger partial charge in [0, 0.05) is 30.4 Å². The molecule has 0 saturated carbocycles. The molecule has 0 atom stereocenters. The van der Waals surface area contributed by atoms with E-state index in [0.717, 1.165) is 31.7 Å². The molecule has 0 aliphatic carbocycles. The van der Waals surface area contributed by atoms with Gasteiger partial charge in [-0.1, -0.05) is 17.7 Å². The molecule has 0 radical (unpaired) electrons. The van der Waals surface area contributed by atoms with Gasteiger partial charge < -0.3 is 10.6 Å². The Morgan fingerprint density at radius 3 is 3.00 bits per heavy atom. The first-order chi connectivity index (χ1) is 8.66. The molecule has 2 rings (SSSR count). The van der Waals surface area contributed by atoms with Gasteiger partial charge in [-0.05, 0) is 26.0 Å². The van der Waals surface area contributed by atoms with Crippen molar-refractivity contribution in [2.45, 2.75) is 13.3 Å². The quantitative estimate of drug-likeness (QED) is 0.486. The molecule has 5 nitrogen and oxygen atoms in total. The molecule has 1 heterocycles. The zero-order chi connectivity index (χ0) is 13.0. The normalized spacial score (nSPS) is 15.1. The van der Waals surface area contributed by atoms with Crippen LogP contribution in [0, 0.1) is 17.0 Å². The Hall–Kier alpha value is -1.88. The summed E-state index contributed by atoms with van der Waals surface area (Å²) in [6.07, 6.45) is 3.19. The number of hydrogen-bond donors (Lipinski definition) is 2. The van der Waals surface area contributed by atoms with Crippen LogP contribution in [-0.2, 0) is 0 Å². The second-order valence-corrected chi connectivity index (χ2v) is 4.43. The summed E-state index contributed by atoms with van der Waals surface area (Å²) in [5.41, 5.74) is 3.00. The fourth-order valence-corrected chi connectivity index (χ4v) is 1.96. The SMILES string of the molecule is Cc1ccc(NCC2=CCNCC2)cc1[N+](=O)[O-]. The zero-order valence-electron chi connectivity index (χ0n) is 10.4. The van der Waals surface area contributed by atoms with Crippen LogP contribution < -0.4 is 10.6 Å². The summed E-state index contributed by atoms with van der Waals surface area (Å²) in [4.78, 5) is 10.5. The number of hydrogen-bond acceptors (Lipinski definition) is 4. The molecule has 18 heavy (non-hydrogen) atoms. The molecule has 0 unspecified atom stereocenters. The molecular formula is C13H17N3O2. The van der Waals surface area contributed by atoms with Gasteiger partial charge >= 0.3 is 0 Å². The van der Waals surface area contributed by atoms with Crippen LogP contribution in [0.25, 0.3) is 0 Å². The van der Waals surface area contributed by atoms with Crippen LogP contribution in [-0.4, -0.2) is 24.6 Å². The maximum atomic E-state index is 10.8. The lowest BCUT2D eigenvalue weighted by atomic mass is 10.1. The molecular weight excluding hydrogens is 230 g/mol. The Balaban J connectivity index is 2.03. The van der Waals surface area contributed by atoms with Crippen molar-refractivity contribution < 1.29 is 4.92 Å². The third kappa shape index (κ3) is 3.07. The molecule has 0 bridgehead atoms.